The Bertz CT molecular complexity index is 548. The first kappa shape index (κ1) is 14.2. The lowest BCUT2D eigenvalue weighted by atomic mass is 10.3. The Labute approximate surface area is 120 Å². The maximum Gasteiger partial charge on any atom is 0.226 e. The van der Waals surface area contributed by atoms with Crippen molar-refractivity contribution >= 4 is 33.7 Å². The highest BCUT2D eigenvalue weighted by Crippen LogP contribution is 2.30. The van der Waals surface area contributed by atoms with Gasteiger partial charge in [0, 0.05) is 16.7 Å². The van der Waals surface area contributed by atoms with E-state index in [1.54, 1.807) is 11.3 Å². The number of carbonyl (C=O) groups excluding carboxylic acids is 1. The van der Waals surface area contributed by atoms with Crippen molar-refractivity contribution in [2.75, 3.05) is 18.9 Å². The van der Waals surface area contributed by atoms with Crippen molar-refractivity contribution in [3.8, 4) is 10.6 Å². The van der Waals surface area contributed by atoms with Gasteiger partial charge < -0.3 is 10.6 Å². The van der Waals surface area contributed by atoms with E-state index in [0.717, 1.165) is 23.5 Å². The van der Waals surface area contributed by atoms with E-state index in [9.17, 15) is 4.79 Å². The average Bonchev–Trinajstić information content (AvgIpc) is 2.98. The number of rotatable bonds is 6. The van der Waals surface area contributed by atoms with Crippen molar-refractivity contribution in [2.45, 2.75) is 19.8 Å². The molecule has 0 aliphatic carbocycles. The van der Waals surface area contributed by atoms with E-state index in [4.69, 9.17) is 0 Å². The normalized spacial score (nSPS) is 10.6. The molecule has 0 atom stereocenters. The van der Waals surface area contributed by atoms with Gasteiger partial charge in [-0.3, -0.25) is 4.79 Å². The molecule has 0 unspecified atom stereocenters. The molecule has 1 amide bonds. The number of amides is 1. The molecule has 6 heteroatoms. The maximum absolute atomic E-state index is 11.7. The second-order valence-corrected chi connectivity index (χ2v) is 6.35. The fourth-order valence-electron chi connectivity index (χ4n) is 1.62. The molecule has 0 aromatic carbocycles. The minimum absolute atomic E-state index is 0.0264. The number of hydrogen-bond acceptors (Lipinski definition) is 5. The van der Waals surface area contributed by atoms with Gasteiger partial charge in [-0.1, -0.05) is 0 Å². The van der Waals surface area contributed by atoms with E-state index in [1.807, 2.05) is 12.4 Å². The molecular formula is C13H17N3OS2. The molecular weight excluding hydrogens is 278 g/mol. The van der Waals surface area contributed by atoms with E-state index in [-0.39, 0.29) is 5.91 Å². The van der Waals surface area contributed by atoms with E-state index in [0.29, 0.717) is 11.6 Å². The van der Waals surface area contributed by atoms with Crippen LogP contribution in [0.15, 0.2) is 17.5 Å². The van der Waals surface area contributed by atoms with Crippen LogP contribution in [0.25, 0.3) is 10.6 Å². The molecule has 2 rings (SSSR count). The van der Waals surface area contributed by atoms with Gasteiger partial charge in [-0.2, -0.15) is 0 Å². The Hall–Kier alpha value is -1.24. The van der Waals surface area contributed by atoms with Crippen LogP contribution in [0.1, 0.15) is 17.7 Å². The molecule has 0 fully saturated rings. The molecule has 2 aromatic heterocycles. The monoisotopic (exact) mass is 295 g/mol. The summed E-state index contributed by atoms with van der Waals surface area (Å²) in [5, 5.41) is 8.52. The molecule has 2 heterocycles. The summed E-state index contributed by atoms with van der Waals surface area (Å²) in [5.74, 6) is 0.0264. The van der Waals surface area contributed by atoms with E-state index in [2.05, 4.69) is 34.7 Å². The van der Waals surface area contributed by atoms with E-state index < -0.39 is 0 Å². The molecule has 0 spiro atoms. The Balaban J connectivity index is 1.92. The molecule has 4 nitrogen and oxygen atoms in total. The molecule has 0 radical (unpaired) electrons. The number of aromatic nitrogens is 1. The van der Waals surface area contributed by atoms with Crippen LogP contribution >= 0.6 is 22.7 Å². The van der Waals surface area contributed by atoms with E-state index >= 15 is 0 Å². The van der Waals surface area contributed by atoms with Crippen molar-refractivity contribution in [1.82, 2.24) is 10.3 Å². The van der Waals surface area contributed by atoms with Crippen LogP contribution in [-0.2, 0) is 4.79 Å². The van der Waals surface area contributed by atoms with Crippen molar-refractivity contribution in [2.24, 2.45) is 0 Å². The topological polar surface area (TPSA) is 54.0 Å². The van der Waals surface area contributed by atoms with Gasteiger partial charge in [-0.25, -0.2) is 4.98 Å². The van der Waals surface area contributed by atoms with Gasteiger partial charge in [-0.05, 0) is 39.1 Å². The summed E-state index contributed by atoms with van der Waals surface area (Å²) in [4.78, 5) is 18.5. The van der Waals surface area contributed by atoms with Crippen LogP contribution in [0.3, 0.4) is 0 Å². The summed E-state index contributed by atoms with van der Waals surface area (Å²) in [6.07, 6.45) is 1.36. The molecule has 2 aromatic rings. The number of thiazole rings is 1. The van der Waals surface area contributed by atoms with Gasteiger partial charge in [0.25, 0.3) is 0 Å². The van der Waals surface area contributed by atoms with Gasteiger partial charge in [0.15, 0.2) is 5.13 Å². The Morgan fingerprint density at radius 2 is 2.26 bits per heavy atom. The lowest BCUT2D eigenvalue weighted by Gasteiger charge is -2.00. The van der Waals surface area contributed by atoms with Gasteiger partial charge in [-0.15, -0.1) is 22.7 Å². The Morgan fingerprint density at radius 1 is 1.42 bits per heavy atom. The number of nitrogens with zero attached hydrogens (tertiary/aromatic N) is 1. The van der Waals surface area contributed by atoms with Crippen LogP contribution in [-0.4, -0.2) is 24.5 Å². The summed E-state index contributed by atoms with van der Waals surface area (Å²) in [6.45, 7) is 2.93. The van der Waals surface area contributed by atoms with Crippen LogP contribution in [0.4, 0.5) is 5.13 Å². The molecule has 0 saturated carbocycles. The first-order valence-corrected chi connectivity index (χ1v) is 7.85. The van der Waals surface area contributed by atoms with Crippen LogP contribution in [0.5, 0.6) is 0 Å². The number of aryl methyl sites for hydroxylation is 1. The second-order valence-electron chi connectivity index (χ2n) is 4.20. The van der Waals surface area contributed by atoms with Gasteiger partial charge in [0.1, 0.15) is 0 Å². The summed E-state index contributed by atoms with van der Waals surface area (Å²) < 4.78 is 0. The van der Waals surface area contributed by atoms with Gasteiger partial charge in [0.2, 0.25) is 5.91 Å². The predicted molar refractivity (Wildman–Crippen MR) is 82.0 cm³/mol. The molecule has 2 N–H and O–H groups in total. The third-order valence-corrected chi connectivity index (χ3v) is 4.35. The smallest absolute Gasteiger partial charge is 0.226 e. The molecule has 0 bridgehead atoms. The zero-order chi connectivity index (χ0) is 13.7. The van der Waals surface area contributed by atoms with E-state index in [1.165, 1.54) is 16.2 Å². The number of thiophene rings is 1. The maximum atomic E-state index is 11.7. The highest BCUT2D eigenvalue weighted by atomic mass is 32.1. The minimum atomic E-state index is 0.0264. The standard InChI is InChI=1S/C13H17N3OS2/c1-9-5-6-11(19-9)10-8-18-13(15-10)16-12(17)4-3-7-14-2/h5-6,8,14H,3-4,7H2,1-2H3,(H,15,16,17). The van der Waals surface area contributed by atoms with Crippen molar-refractivity contribution in [3.63, 3.8) is 0 Å². The minimum Gasteiger partial charge on any atom is -0.320 e. The summed E-state index contributed by atoms with van der Waals surface area (Å²) in [5.41, 5.74) is 0.939. The third-order valence-electron chi connectivity index (χ3n) is 2.57. The first-order chi connectivity index (χ1) is 9.19. The van der Waals surface area contributed by atoms with Gasteiger partial charge >= 0.3 is 0 Å². The Morgan fingerprint density at radius 3 is 2.95 bits per heavy atom. The quantitative estimate of drug-likeness (QED) is 0.805. The lowest BCUT2D eigenvalue weighted by molar-refractivity contribution is -0.116. The second kappa shape index (κ2) is 6.79. The summed E-state index contributed by atoms with van der Waals surface area (Å²) in [7, 11) is 1.88. The lowest BCUT2D eigenvalue weighted by Crippen LogP contribution is -2.15. The average molecular weight is 295 g/mol. The summed E-state index contributed by atoms with van der Waals surface area (Å²) >= 11 is 3.18. The zero-order valence-corrected chi connectivity index (χ0v) is 12.7. The number of carbonyl (C=O) groups is 1. The predicted octanol–water partition coefficient (Wildman–Crippen LogP) is 3.12. The fourth-order valence-corrected chi connectivity index (χ4v) is 3.25. The molecule has 102 valence electrons. The molecule has 0 aliphatic heterocycles. The number of nitrogens with one attached hydrogen (secondary N) is 2. The third kappa shape index (κ3) is 4.12. The highest BCUT2D eigenvalue weighted by molar-refractivity contribution is 7.17. The van der Waals surface area contributed by atoms with Crippen molar-refractivity contribution in [3.05, 3.63) is 22.4 Å². The SMILES string of the molecule is CNCCCC(=O)Nc1nc(-c2ccc(C)s2)cs1. The van der Waals surface area contributed by atoms with Crippen molar-refractivity contribution < 1.29 is 4.79 Å². The van der Waals surface area contributed by atoms with Crippen LogP contribution in [0.2, 0.25) is 0 Å². The van der Waals surface area contributed by atoms with Crippen LogP contribution < -0.4 is 10.6 Å². The largest absolute Gasteiger partial charge is 0.320 e. The molecule has 0 aliphatic rings. The van der Waals surface area contributed by atoms with Gasteiger partial charge in [0.05, 0.1) is 10.6 Å². The first-order valence-electron chi connectivity index (χ1n) is 6.16. The zero-order valence-electron chi connectivity index (χ0n) is 11.0. The summed E-state index contributed by atoms with van der Waals surface area (Å²) in [6, 6.07) is 4.14. The fraction of sp³-hybridized carbons (Fsp3) is 0.385. The molecule has 19 heavy (non-hydrogen) atoms. The highest BCUT2D eigenvalue weighted by Gasteiger charge is 2.09. The van der Waals surface area contributed by atoms with Crippen molar-refractivity contribution in [1.29, 1.82) is 0 Å². The Kier molecular flexibility index (Phi) is 5.07. The molecule has 0 saturated heterocycles. The number of hydrogen-bond donors (Lipinski definition) is 2. The number of anilines is 1. The van der Waals surface area contributed by atoms with Crippen LogP contribution in [0, 0.1) is 6.92 Å².